The molecule has 4 aromatic rings. The van der Waals surface area contributed by atoms with E-state index >= 15 is 0 Å². The zero-order valence-electron chi connectivity index (χ0n) is 21.6. The molecule has 0 radical (unpaired) electrons. The van der Waals surface area contributed by atoms with E-state index in [1.54, 1.807) is 0 Å². The van der Waals surface area contributed by atoms with Crippen molar-refractivity contribution in [1.29, 1.82) is 0 Å². The summed E-state index contributed by atoms with van der Waals surface area (Å²) in [6.07, 6.45) is 0.950. The Bertz CT molecular complexity index is 1180. The van der Waals surface area contributed by atoms with Gasteiger partial charge in [0.05, 0.1) is 0 Å². The van der Waals surface area contributed by atoms with Gasteiger partial charge in [0.15, 0.2) is 11.5 Å². The normalized spacial score (nSPS) is 12.2. The Balaban J connectivity index is 1.68. The number of rotatable bonds is 11. The Labute approximate surface area is 216 Å². The number of benzene rings is 4. The van der Waals surface area contributed by atoms with E-state index in [1.807, 2.05) is 42.5 Å². The van der Waals surface area contributed by atoms with Gasteiger partial charge in [-0.2, -0.15) is 0 Å². The van der Waals surface area contributed by atoms with Crippen molar-refractivity contribution in [2.45, 2.75) is 51.9 Å². The van der Waals surface area contributed by atoms with Gasteiger partial charge in [-0.25, -0.2) is 0 Å². The second kappa shape index (κ2) is 12.4. The lowest BCUT2D eigenvalue weighted by Crippen LogP contribution is -2.37. The molecule has 0 saturated carbocycles. The summed E-state index contributed by atoms with van der Waals surface area (Å²) in [5.74, 6) is 1.77. The van der Waals surface area contributed by atoms with Crippen molar-refractivity contribution in [1.82, 2.24) is 5.32 Å². The Morgan fingerprint density at radius 1 is 0.639 bits per heavy atom. The van der Waals surface area contributed by atoms with Crippen LogP contribution >= 0.6 is 0 Å². The SMILES string of the molecule is CC(C)(C)NCCC(c1ccccc1)c1cccc(OCc2ccccc2)c1OCc1ccccc1. The molecule has 0 fully saturated rings. The third kappa shape index (κ3) is 7.47. The average molecular weight is 480 g/mol. The highest BCUT2D eigenvalue weighted by atomic mass is 16.5. The standard InChI is InChI=1S/C33H37NO2/c1-33(2,3)34-23-22-29(28-18-11-6-12-19-28)30-20-13-21-31(35-24-26-14-7-4-8-15-26)32(30)36-25-27-16-9-5-10-17-27/h4-21,29,34H,22-25H2,1-3H3. The van der Waals surface area contributed by atoms with Crippen LogP contribution in [0.5, 0.6) is 11.5 Å². The summed E-state index contributed by atoms with van der Waals surface area (Å²) in [7, 11) is 0. The van der Waals surface area contributed by atoms with E-state index in [-0.39, 0.29) is 11.5 Å². The van der Waals surface area contributed by atoms with E-state index in [2.05, 4.69) is 92.8 Å². The van der Waals surface area contributed by atoms with E-state index in [4.69, 9.17) is 9.47 Å². The molecular weight excluding hydrogens is 442 g/mol. The van der Waals surface area contributed by atoms with Gasteiger partial charge in [0.2, 0.25) is 0 Å². The maximum atomic E-state index is 6.55. The molecule has 0 saturated heterocycles. The summed E-state index contributed by atoms with van der Waals surface area (Å²) >= 11 is 0. The summed E-state index contributed by atoms with van der Waals surface area (Å²) in [6, 6.07) is 37.6. The zero-order chi connectivity index (χ0) is 25.2. The summed E-state index contributed by atoms with van der Waals surface area (Å²) in [4.78, 5) is 0. The van der Waals surface area contributed by atoms with Crippen molar-refractivity contribution in [2.24, 2.45) is 0 Å². The molecule has 1 N–H and O–H groups in total. The van der Waals surface area contributed by atoms with Crippen molar-refractivity contribution >= 4 is 0 Å². The molecule has 4 rings (SSSR count). The molecule has 0 heterocycles. The highest BCUT2D eigenvalue weighted by molar-refractivity contribution is 5.51. The van der Waals surface area contributed by atoms with Gasteiger partial charge in [0.1, 0.15) is 13.2 Å². The second-order valence-corrected chi connectivity index (χ2v) is 10.2. The van der Waals surface area contributed by atoms with E-state index in [1.165, 1.54) is 5.56 Å². The fraction of sp³-hybridized carbons (Fsp3) is 0.273. The zero-order valence-corrected chi connectivity index (χ0v) is 21.6. The van der Waals surface area contributed by atoms with E-state index in [9.17, 15) is 0 Å². The van der Waals surface area contributed by atoms with Crippen LogP contribution in [0, 0.1) is 0 Å². The van der Waals surface area contributed by atoms with Crippen LogP contribution in [0.3, 0.4) is 0 Å². The van der Waals surface area contributed by atoms with Crippen molar-refractivity contribution in [3.05, 3.63) is 131 Å². The van der Waals surface area contributed by atoms with Gasteiger partial charge in [-0.15, -0.1) is 0 Å². The maximum Gasteiger partial charge on any atom is 0.165 e. The van der Waals surface area contributed by atoms with Gasteiger partial charge in [-0.1, -0.05) is 103 Å². The van der Waals surface area contributed by atoms with E-state index in [0.717, 1.165) is 41.2 Å². The van der Waals surface area contributed by atoms with Gasteiger partial charge in [0.25, 0.3) is 0 Å². The summed E-state index contributed by atoms with van der Waals surface area (Å²) in [6.45, 7) is 8.50. The smallest absolute Gasteiger partial charge is 0.165 e. The quantitative estimate of drug-likeness (QED) is 0.238. The van der Waals surface area contributed by atoms with Gasteiger partial charge < -0.3 is 14.8 Å². The number of hydrogen-bond acceptors (Lipinski definition) is 3. The van der Waals surface area contributed by atoms with Crippen LogP contribution in [0.4, 0.5) is 0 Å². The summed E-state index contributed by atoms with van der Waals surface area (Å²) < 4.78 is 12.9. The largest absolute Gasteiger partial charge is 0.485 e. The molecule has 0 spiro atoms. The minimum Gasteiger partial charge on any atom is -0.485 e. The molecule has 4 aromatic carbocycles. The van der Waals surface area contributed by atoms with E-state index in [0.29, 0.717) is 13.2 Å². The molecule has 3 heteroatoms. The fourth-order valence-corrected chi connectivity index (χ4v) is 4.32. The van der Waals surface area contributed by atoms with Crippen LogP contribution in [0.2, 0.25) is 0 Å². The van der Waals surface area contributed by atoms with Crippen LogP contribution < -0.4 is 14.8 Å². The van der Waals surface area contributed by atoms with Crippen LogP contribution in [0.25, 0.3) is 0 Å². The molecule has 0 aliphatic heterocycles. The predicted octanol–water partition coefficient (Wildman–Crippen LogP) is 7.75. The molecule has 186 valence electrons. The third-order valence-corrected chi connectivity index (χ3v) is 6.14. The van der Waals surface area contributed by atoms with Crippen LogP contribution in [-0.4, -0.2) is 12.1 Å². The van der Waals surface area contributed by atoms with Crippen molar-refractivity contribution in [3.8, 4) is 11.5 Å². The topological polar surface area (TPSA) is 30.5 Å². The molecule has 1 atom stereocenters. The summed E-state index contributed by atoms with van der Waals surface area (Å²) in [5, 5.41) is 3.66. The monoisotopic (exact) mass is 479 g/mol. The third-order valence-electron chi connectivity index (χ3n) is 6.14. The Kier molecular flexibility index (Phi) is 8.80. The fourth-order valence-electron chi connectivity index (χ4n) is 4.32. The number of hydrogen-bond donors (Lipinski definition) is 1. The lowest BCUT2D eigenvalue weighted by molar-refractivity contribution is 0.252. The maximum absolute atomic E-state index is 6.55. The molecule has 0 aliphatic carbocycles. The molecule has 1 unspecified atom stereocenters. The number of ether oxygens (including phenoxy) is 2. The lowest BCUT2D eigenvalue weighted by Gasteiger charge is -2.26. The minimum atomic E-state index is 0.0640. The highest BCUT2D eigenvalue weighted by Gasteiger charge is 2.22. The molecular formula is C33H37NO2. The van der Waals surface area contributed by atoms with Gasteiger partial charge in [0, 0.05) is 17.0 Å². The van der Waals surface area contributed by atoms with Crippen LogP contribution in [0.1, 0.15) is 55.4 Å². The highest BCUT2D eigenvalue weighted by Crippen LogP contribution is 2.41. The Morgan fingerprint density at radius 2 is 1.19 bits per heavy atom. The van der Waals surface area contributed by atoms with Gasteiger partial charge in [-0.3, -0.25) is 0 Å². The van der Waals surface area contributed by atoms with Crippen molar-refractivity contribution in [3.63, 3.8) is 0 Å². The van der Waals surface area contributed by atoms with Crippen molar-refractivity contribution in [2.75, 3.05) is 6.54 Å². The molecule has 0 aromatic heterocycles. The first-order valence-corrected chi connectivity index (χ1v) is 12.8. The van der Waals surface area contributed by atoms with Crippen molar-refractivity contribution < 1.29 is 9.47 Å². The molecule has 0 amide bonds. The van der Waals surface area contributed by atoms with Gasteiger partial charge >= 0.3 is 0 Å². The molecule has 3 nitrogen and oxygen atoms in total. The average Bonchev–Trinajstić information content (AvgIpc) is 2.90. The summed E-state index contributed by atoms with van der Waals surface area (Å²) in [5.41, 5.74) is 4.75. The Morgan fingerprint density at radius 3 is 1.78 bits per heavy atom. The molecule has 36 heavy (non-hydrogen) atoms. The second-order valence-electron chi connectivity index (χ2n) is 10.2. The van der Waals surface area contributed by atoms with Crippen LogP contribution in [-0.2, 0) is 13.2 Å². The lowest BCUT2D eigenvalue weighted by atomic mass is 9.87. The van der Waals surface area contributed by atoms with Gasteiger partial charge in [-0.05, 0) is 56.5 Å². The minimum absolute atomic E-state index is 0.0640. The Hall–Kier alpha value is -3.56. The first kappa shape index (κ1) is 25.5. The van der Waals surface area contributed by atoms with Crippen LogP contribution in [0.15, 0.2) is 109 Å². The molecule has 0 bridgehead atoms. The first-order valence-electron chi connectivity index (χ1n) is 12.8. The number of nitrogens with one attached hydrogen (secondary N) is 1. The molecule has 0 aliphatic rings. The number of para-hydroxylation sites is 1. The predicted molar refractivity (Wildman–Crippen MR) is 149 cm³/mol. The van der Waals surface area contributed by atoms with E-state index < -0.39 is 0 Å². The first-order chi connectivity index (χ1) is 17.5.